The van der Waals surface area contributed by atoms with E-state index in [0.29, 0.717) is 5.56 Å². The number of hydrogen-bond acceptors (Lipinski definition) is 5. The molecule has 1 atom stereocenters. The zero-order valence-electron chi connectivity index (χ0n) is 13.2. The van der Waals surface area contributed by atoms with E-state index in [-0.39, 0.29) is 17.9 Å². The highest BCUT2D eigenvalue weighted by Gasteiger charge is 2.54. The van der Waals surface area contributed by atoms with Gasteiger partial charge < -0.3 is 24.6 Å². The summed E-state index contributed by atoms with van der Waals surface area (Å²) in [6.45, 7) is 7.55. The lowest BCUT2D eigenvalue weighted by molar-refractivity contribution is -0.137. The molecule has 1 aromatic rings. The van der Waals surface area contributed by atoms with Gasteiger partial charge in [0.15, 0.2) is 11.5 Å². The summed E-state index contributed by atoms with van der Waals surface area (Å²) in [5.41, 5.74) is -0.614. The monoisotopic (exact) mass is 308 g/mol. The third-order valence-electron chi connectivity index (χ3n) is 4.42. The molecule has 1 aliphatic heterocycles. The second kappa shape index (κ2) is 5.48. The number of benzene rings is 1. The van der Waals surface area contributed by atoms with Crippen molar-refractivity contribution in [2.75, 3.05) is 0 Å². The average molecular weight is 308 g/mol. The van der Waals surface area contributed by atoms with Gasteiger partial charge in [0.1, 0.15) is 0 Å². The number of hydrogen-bond donors (Lipinski definition) is 3. The molecule has 1 fully saturated rings. The van der Waals surface area contributed by atoms with Crippen LogP contribution < -0.4 is 0 Å². The Morgan fingerprint density at radius 1 is 1.14 bits per heavy atom. The Balaban J connectivity index is 2.35. The first-order valence-corrected chi connectivity index (χ1v) is 7.13. The summed E-state index contributed by atoms with van der Waals surface area (Å²) in [5, 5.41) is 28.2. The van der Waals surface area contributed by atoms with Crippen molar-refractivity contribution in [3.05, 3.63) is 23.8 Å². The second-order valence-corrected chi connectivity index (χ2v) is 6.58. The van der Waals surface area contributed by atoms with Crippen LogP contribution in [0.3, 0.4) is 0 Å². The third-order valence-corrected chi connectivity index (χ3v) is 4.42. The van der Waals surface area contributed by atoms with Gasteiger partial charge in [-0.3, -0.25) is 4.79 Å². The largest absolute Gasteiger partial charge is 0.504 e. The van der Waals surface area contributed by atoms with E-state index in [9.17, 15) is 15.0 Å². The average Bonchev–Trinajstić information content (AvgIpc) is 2.59. The van der Waals surface area contributed by atoms with Crippen molar-refractivity contribution in [2.24, 2.45) is 0 Å². The SMILES string of the molecule is CC1(C)OB(C(CC(=O)O)c2ccc(O)c(O)c2)OC1(C)C. The second-order valence-electron chi connectivity index (χ2n) is 6.58. The number of rotatable bonds is 4. The van der Waals surface area contributed by atoms with Gasteiger partial charge in [-0.25, -0.2) is 0 Å². The van der Waals surface area contributed by atoms with Crippen molar-refractivity contribution in [1.82, 2.24) is 0 Å². The number of phenolic OH excluding ortho intramolecular Hbond substituents is 2. The van der Waals surface area contributed by atoms with Crippen molar-refractivity contribution in [2.45, 2.75) is 51.1 Å². The molecule has 0 saturated carbocycles. The number of carbonyl (C=O) groups is 1. The van der Waals surface area contributed by atoms with Crippen LogP contribution in [0.2, 0.25) is 0 Å². The van der Waals surface area contributed by atoms with Crippen LogP contribution in [0.25, 0.3) is 0 Å². The minimum Gasteiger partial charge on any atom is -0.504 e. The Morgan fingerprint density at radius 3 is 2.14 bits per heavy atom. The summed E-state index contributed by atoms with van der Waals surface area (Å²) in [6.07, 6.45) is -0.207. The van der Waals surface area contributed by atoms with Gasteiger partial charge in [-0.2, -0.15) is 0 Å². The lowest BCUT2D eigenvalue weighted by atomic mass is 9.66. The number of aliphatic carboxylic acids is 1. The van der Waals surface area contributed by atoms with E-state index >= 15 is 0 Å². The molecule has 0 amide bonds. The third kappa shape index (κ3) is 3.05. The molecule has 22 heavy (non-hydrogen) atoms. The molecule has 2 rings (SSSR count). The van der Waals surface area contributed by atoms with Crippen LogP contribution in [-0.4, -0.2) is 39.6 Å². The van der Waals surface area contributed by atoms with Crippen LogP contribution in [-0.2, 0) is 14.1 Å². The predicted octanol–water partition coefficient (Wildman–Crippen LogP) is 2.29. The lowest BCUT2D eigenvalue weighted by Gasteiger charge is -2.32. The van der Waals surface area contributed by atoms with Gasteiger partial charge in [-0.15, -0.1) is 0 Å². The highest BCUT2D eigenvalue weighted by Crippen LogP contribution is 2.42. The van der Waals surface area contributed by atoms with E-state index in [1.54, 1.807) is 6.07 Å². The van der Waals surface area contributed by atoms with Gasteiger partial charge in [0.2, 0.25) is 0 Å². The summed E-state index contributed by atoms with van der Waals surface area (Å²) in [5.74, 6) is -2.14. The van der Waals surface area contributed by atoms with Crippen molar-refractivity contribution >= 4 is 13.1 Å². The summed E-state index contributed by atoms with van der Waals surface area (Å²) in [4.78, 5) is 11.2. The van der Waals surface area contributed by atoms with Crippen LogP contribution in [0.1, 0.15) is 45.5 Å². The van der Waals surface area contributed by atoms with Gasteiger partial charge in [0.05, 0.1) is 17.6 Å². The lowest BCUT2D eigenvalue weighted by Crippen LogP contribution is -2.41. The molecule has 1 aliphatic rings. The van der Waals surface area contributed by atoms with Crippen LogP contribution in [0.15, 0.2) is 18.2 Å². The van der Waals surface area contributed by atoms with Gasteiger partial charge in [-0.05, 0) is 45.4 Å². The Morgan fingerprint density at radius 2 is 1.68 bits per heavy atom. The van der Waals surface area contributed by atoms with Crippen molar-refractivity contribution in [1.29, 1.82) is 0 Å². The Labute approximate surface area is 129 Å². The van der Waals surface area contributed by atoms with E-state index in [1.807, 2.05) is 27.7 Å². The standard InChI is InChI=1S/C15H21BO6/c1-14(2)15(3,4)22-16(21-14)10(8-13(19)20)9-5-6-11(17)12(18)7-9/h5-7,10,17-18H,8H2,1-4H3,(H,19,20). The number of phenols is 2. The van der Waals surface area contributed by atoms with Crippen LogP contribution >= 0.6 is 0 Å². The van der Waals surface area contributed by atoms with Crippen LogP contribution in [0.4, 0.5) is 0 Å². The summed E-state index contributed by atoms with van der Waals surface area (Å²) < 4.78 is 11.8. The molecule has 120 valence electrons. The van der Waals surface area contributed by atoms with Crippen LogP contribution in [0.5, 0.6) is 11.5 Å². The number of carboxylic acid groups (broad SMARTS) is 1. The number of aromatic hydroxyl groups is 2. The maximum absolute atomic E-state index is 11.2. The fraction of sp³-hybridized carbons (Fsp3) is 0.533. The zero-order valence-corrected chi connectivity index (χ0v) is 13.2. The topological polar surface area (TPSA) is 96.2 Å². The van der Waals surface area contributed by atoms with Crippen molar-refractivity contribution in [3.8, 4) is 11.5 Å². The molecule has 0 aromatic heterocycles. The molecule has 1 aromatic carbocycles. The minimum absolute atomic E-state index is 0.207. The number of carboxylic acids is 1. The van der Waals surface area contributed by atoms with Crippen molar-refractivity contribution in [3.63, 3.8) is 0 Å². The van der Waals surface area contributed by atoms with Crippen molar-refractivity contribution < 1.29 is 29.4 Å². The normalized spacial score (nSPS) is 20.8. The molecule has 0 spiro atoms. The van der Waals surface area contributed by atoms with E-state index in [2.05, 4.69) is 0 Å². The Kier molecular flexibility index (Phi) is 4.15. The first-order valence-electron chi connectivity index (χ1n) is 7.13. The predicted molar refractivity (Wildman–Crippen MR) is 80.8 cm³/mol. The Hall–Kier alpha value is -1.73. The maximum atomic E-state index is 11.2. The molecule has 3 N–H and O–H groups in total. The Bertz CT molecular complexity index is 567. The molecule has 0 aliphatic carbocycles. The first kappa shape index (κ1) is 16.6. The summed E-state index contributed by atoms with van der Waals surface area (Å²) in [6, 6.07) is 4.23. The fourth-order valence-corrected chi connectivity index (χ4v) is 2.38. The molecule has 1 saturated heterocycles. The highest BCUT2D eigenvalue weighted by molar-refractivity contribution is 6.48. The molecular formula is C15H21BO6. The van der Waals surface area contributed by atoms with E-state index in [1.165, 1.54) is 12.1 Å². The van der Waals surface area contributed by atoms with Gasteiger partial charge in [-0.1, -0.05) is 6.07 Å². The molecule has 0 radical (unpaired) electrons. The minimum atomic E-state index is -0.993. The zero-order chi connectivity index (χ0) is 16.7. The first-order chi connectivity index (χ1) is 10.0. The highest BCUT2D eigenvalue weighted by atomic mass is 16.7. The smallest absolute Gasteiger partial charge is 0.466 e. The summed E-state index contributed by atoms with van der Waals surface area (Å²) in [7, 11) is -0.745. The van der Waals surface area contributed by atoms with E-state index < -0.39 is 30.1 Å². The quantitative estimate of drug-likeness (QED) is 0.583. The van der Waals surface area contributed by atoms with E-state index in [4.69, 9.17) is 14.4 Å². The molecule has 1 unspecified atom stereocenters. The molecule has 7 heteroatoms. The fourth-order valence-electron chi connectivity index (χ4n) is 2.38. The molecule has 0 bridgehead atoms. The van der Waals surface area contributed by atoms with Gasteiger partial charge in [0, 0.05) is 5.82 Å². The summed E-state index contributed by atoms with van der Waals surface area (Å²) >= 11 is 0. The maximum Gasteiger partial charge on any atom is 0.466 e. The van der Waals surface area contributed by atoms with E-state index in [0.717, 1.165) is 0 Å². The van der Waals surface area contributed by atoms with Gasteiger partial charge in [0.25, 0.3) is 0 Å². The molecule has 6 nitrogen and oxygen atoms in total. The van der Waals surface area contributed by atoms with Crippen LogP contribution in [0, 0.1) is 0 Å². The molecule has 1 heterocycles. The molecular weight excluding hydrogens is 287 g/mol. The van der Waals surface area contributed by atoms with Gasteiger partial charge >= 0.3 is 13.1 Å².